The Hall–Kier alpha value is -2.55. The first-order chi connectivity index (χ1) is 16.9. The van der Waals surface area contributed by atoms with Gasteiger partial charge in [-0.05, 0) is 68.1 Å². The smallest absolute Gasteiger partial charge is 0.243 e. The topological polar surface area (TPSA) is 75.4 Å². The van der Waals surface area contributed by atoms with E-state index < -0.39 is 16.1 Å². The normalized spacial score (nSPS) is 31.9. The first-order valence-corrected chi connectivity index (χ1v) is 13.9. The summed E-state index contributed by atoms with van der Waals surface area (Å²) in [4.78, 5) is 4.61. The molecule has 0 radical (unpaired) electrons. The van der Waals surface area contributed by atoms with Crippen molar-refractivity contribution < 1.29 is 17.9 Å². The van der Waals surface area contributed by atoms with Crippen LogP contribution in [0.5, 0.6) is 0 Å². The van der Waals surface area contributed by atoms with Crippen LogP contribution >= 0.6 is 0 Å². The van der Waals surface area contributed by atoms with Crippen LogP contribution in [-0.2, 0) is 10.0 Å². The zero-order valence-corrected chi connectivity index (χ0v) is 20.1. The fourth-order valence-corrected chi connectivity index (χ4v) is 9.71. The van der Waals surface area contributed by atoms with Gasteiger partial charge in [-0.1, -0.05) is 30.3 Å². The average molecular weight is 494 g/mol. The maximum atomic E-state index is 15.0. The lowest BCUT2D eigenvalue weighted by molar-refractivity contribution is -0.131. The standard InChI is InChI=1S/C27H28FN3O3S/c28-22-8-4-7-21-24-15-29-16-30(24)23(26(21)22)11-25(32)27-12-17-9-18(13-27)31(19(10-17)14-27)35(33,34)20-5-2-1-3-6-20/h1-8,15-19,23,25,32H,9-14H2. The van der Waals surface area contributed by atoms with Gasteiger partial charge in [0.15, 0.2) is 0 Å². The molecule has 8 heteroatoms. The molecule has 2 saturated carbocycles. The van der Waals surface area contributed by atoms with E-state index in [0.717, 1.165) is 30.5 Å². The van der Waals surface area contributed by atoms with Crippen molar-refractivity contribution in [3.8, 4) is 11.3 Å². The van der Waals surface area contributed by atoms with E-state index in [0.29, 0.717) is 35.6 Å². The molecule has 4 unspecified atom stereocenters. The largest absolute Gasteiger partial charge is 0.392 e. The molecule has 182 valence electrons. The fourth-order valence-electron chi connectivity index (χ4n) is 7.86. The van der Waals surface area contributed by atoms with Crippen LogP contribution in [0.25, 0.3) is 11.3 Å². The van der Waals surface area contributed by atoms with Gasteiger partial charge >= 0.3 is 0 Å². The third-order valence-electron chi connectivity index (χ3n) is 9.05. The third kappa shape index (κ3) is 3.06. The number of sulfonamides is 1. The lowest BCUT2D eigenvalue weighted by Gasteiger charge is -2.62. The lowest BCUT2D eigenvalue weighted by atomic mass is 9.53. The Morgan fingerprint density at radius 1 is 1.06 bits per heavy atom. The summed E-state index contributed by atoms with van der Waals surface area (Å²) in [7, 11) is -3.59. The summed E-state index contributed by atoms with van der Waals surface area (Å²) in [6, 6.07) is 13.3. The zero-order valence-electron chi connectivity index (χ0n) is 19.3. The highest BCUT2D eigenvalue weighted by molar-refractivity contribution is 7.89. The molecule has 4 bridgehead atoms. The zero-order chi connectivity index (χ0) is 23.9. The monoisotopic (exact) mass is 493 g/mol. The van der Waals surface area contributed by atoms with Crippen LogP contribution in [0, 0.1) is 17.2 Å². The second-order valence-electron chi connectivity index (χ2n) is 10.9. The van der Waals surface area contributed by atoms with Crippen LogP contribution in [0.2, 0.25) is 0 Å². The Morgan fingerprint density at radius 2 is 1.80 bits per heavy atom. The predicted molar refractivity (Wildman–Crippen MR) is 128 cm³/mol. The second-order valence-corrected chi connectivity index (χ2v) is 12.8. The molecule has 4 atom stereocenters. The second kappa shape index (κ2) is 7.48. The van der Waals surface area contributed by atoms with E-state index in [1.165, 1.54) is 6.07 Å². The Balaban J connectivity index is 1.20. The molecule has 5 aliphatic rings. The quantitative estimate of drug-likeness (QED) is 0.573. The molecule has 0 spiro atoms. The molecule has 1 N–H and O–H groups in total. The number of benzene rings is 2. The molecule has 1 aromatic heterocycles. The number of halogens is 1. The van der Waals surface area contributed by atoms with Gasteiger partial charge in [-0.15, -0.1) is 0 Å². The van der Waals surface area contributed by atoms with Crippen molar-refractivity contribution in [3.63, 3.8) is 0 Å². The highest BCUT2D eigenvalue weighted by Crippen LogP contribution is 2.60. The summed E-state index contributed by atoms with van der Waals surface area (Å²) in [5.74, 6) is 0.162. The van der Waals surface area contributed by atoms with E-state index >= 15 is 0 Å². The summed E-state index contributed by atoms with van der Waals surface area (Å²) in [5, 5.41) is 11.7. The molecule has 6 nitrogen and oxygen atoms in total. The first kappa shape index (κ1) is 21.7. The molecule has 3 aliphatic heterocycles. The minimum absolute atomic E-state index is 0.0995. The van der Waals surface area contributed by atoms with Crippen LogP contribution in [0.15, 0.2) is 66.0 Å². The summed E-state index contributed by atoms with van der Waals surface area (Å²) in [6.45, 7) is 0. The average Bonchev–Trinajstić information content (AvgIpc) is 3.42. The van der Waals surface area contributed by atoms with Gasteiger partial charge in [0, 0.05) is 23.2 Å². The first-order valence-electron chi connectivity index (χ1n) is 12.4. The van der Waals surface area contributed by atoms with E-state index in [1.54, 1.807) is 47.2 Å². The fraction of sp³-hybridized carbons (Fsp3) is 0.444. The van der Waals surface area contributed by atoms with Crippen LogP contribution in [0.4, 0.5) is 4.39 Å². The van der Waals surface area contributed by atoms with Crippen LogP contribution in [0.1, 0.15) is 50.1 Å². The minimum atomic E-state index is -3.59. The number of nitrogens with zero attached hydrogens (tertiary/aromatic N) is 3. The molecule has 2 saturated heterocycles. The lowest BCUT2D eigenvalue weighted by Crippen LogP contribution is -2.65. The summed E-state index contributed by atoms with van der Waals surface area (Å²) in [5.41, 5.74) is 2.00. The van der Waals surface area contributed by atoms with Gasteiger partial charge < -0.3 is 9.67 Å². The molecule has 3 aromatic rings. The number of hydrogen-bond acceptors (Lipinski definition) is 4. The highest BCUT2D eigenvalue weighted by atomic mass is 32.2. The Kier molecular flexibility index (Phi) is 4.64. The van der Waals surface area contributed by atoms with Crippen molar-refractivity contribution in [1.29, 1.82) is 0 Å². The Morgan fingerprint density at radius 3 is 2.54 bits per heavy atom. The molecule has 8 rings (SSSR count). The van der Waals surface area contributed by atoms with E-state index in [4.69, 9.17) is 0 Å². The minimum Gasteiger partial charge on any atom is -0.392 e. The van der Waals surface area contributed by atoms with Gasteiger partial charge in [-0.3, -0.25) is 0 Å². The van der Waals surface area contributed by atoms with E-state index in [-0.39, 0.29) is 29.4 Å². The number of aliphatic hydroxyl groups excluding tert-OH is 1. The van der Waals surface area contributed by atoms with E-state index in [1.807, 2.05) is 16.7 Å². The number of aromatic nitrogens is 2. The predicted octanol–water partition coefficient (Wildman–Crippen LogP) is 4.37. The molecule has 35 heavy (non-hydrogen) atoms. The maximum Gasteiger partial charge on any atom is 0.243 e. The number of piperidine rings is 2. The van der Waals surface area contributed by atoms with Crippen molar-refractivity contribution in [2.45, 2.75) is 67.6 Å². The highest BCUT2D eigenvalue weighted by Gasteiger charge is 2.60. The number of imidazole rings is 1. The van der Waals surface area contributed by atoms with E-state index in [9.17, 15) is 17.9 Å². The van der Waals surface area contributed by atoms with Crippen molar-refractivity contribution >= 4 is 10.0 Å². The van der Waals surface area contributed by atoms with Gasteiger partial charge in [-0.25, -0.2) is 17.8 Å². The van der Waals surface area contributed by atoms with Gasteiger partial charge in [0.2, 0.25) is 10.0 Å². The van der Waals surface area contributed by atoms with Gasteiger partial charge in [0.05, 0.1) is 35.3 Å². The number of fused-ring (bicyclic) bond motifs is 3. The summed E-state index contributed by atoms with van der Waals surface area (Å²) in [6.07, 6.45) is 7.14. The maximum absolute atomic E-state index is 15.0. The molecule has 4 fully saturated rings. The summed E-state index contributed by atoms with van der Waals surface area (Å²) < 4.78 is 45.8. The van der Waals surface area contributed by atoms with Crippen LogP contribution < -0.4 is 0 Å². The molecular formula is C27H28FN3O3S. The Bertz CT molecular complexity index is 1390. The van der Waals surface area contributed by atoms with Crippen molar-refractivity contribution in [3.05, 3.63) is 72.4 Å². The number of hydrogen-bond donors (Lipinski definition) is 1. The van der Waals surface area contributed by atoms with Crippen LogP contribution in [-0.4, -0.2) is 45.6 Å². The third-order valence-corrected chi connectivity index (χ3v) is 11.1. The van der Waals surface area contributed by atoms with Crippen molar-refractivity contribution in [2.24, 2.45) is 11.3 Å². The van der Waals surface area contributed by atoms with Crippen LogP contribution in [0.3, 0.4) is 0 Å². The Labute approximate surface area is 204 Å². The number of rotatable bonds is 5. The molecule has 4 heterocycles. The number of aliphatic hydroxyl groups is 1. The van der Waals surface area contributed by atoms with Crippen molar-refractivity contribution in [1.82, 2.24) is 13.9 Å². The molecule has 2 aromatic carbocycles. The molecule has 2 aliphatic carbocycles. The molecular weight excluding hydrogens is 465 g/mol. The van der Waals surface area contributed by atoms with Crippen molar-refractivity contribution in [2.75, 3.05) is 0 Å². The van der Waals surface area contributed by atoms with E-state index in [2.05, 4.69) is 4.98 Å². The van der Waals surface area contributed by atoms with Gasteiger partial charge in [-0.2, -0.15) is 4.31 Å². The SMILES string of the molecule is O=S(=O)(c1ccccc1)N1C2CC3CC1CC(C(O)CC1c4c(F)cccc4-c4cncn41)(C3)C2. The van der Waals surface area contributed by atoms with Gasteiger partial charge in [0.25, 0.3) is 0 Å². The van der Waals surface area contributed by atoms with Gasteiger partial charge in [0.1, 0.15) is 5.82 Å². The summed E-state index contributed by atoms with van der Waals surface area (Å²) >= 11 is 0. The molecule has 0 amide bonds.